The van der Waals surface area contributed by atoms with Crippen LogP contribution in [0, 0.1) is 23.7 Å². The number of nitrogens with zero attached hydrogens (tertiary/aromatic N) is 2. The Morgan fingerprint density at radius 1 is 0.333 bits per heavy atom. The lowest BCUT2D eigenvalue weighted by atomic mass is 9.67. The molecule has 216 valence electrons. The number of anilines is 4. The van der Waals surface area contributed by atoms with E-state index in [1.165, 1.54) is 87.0 Å². The Morgan fingerprint density at radius 2 is 0.595 bits per heavy atom. The molecular formula is C40H46N2. The van der Waals surface area contributed by atoms with Gasteiger partial charge in [-0.05, 0) is 111 Å². The minimum absolute atomic E-state index is 0.576. The summed E-state index contributed by atoms with van der Waals surface area (Å²) >= 11 is 0. The Hall–Kier alpha value is -3.52. The van der Waals surface area contributed by atoms with Crippen molar-refractivity contribution in [3.05, 3.63) is 121 Å². The zero-order chi connectivity index (χ0) is 28.1. The molecule has 2 nitrogen and oxygen atoms in total. The smallest absolute Gasteiger partial charge is 0.0413 e. The molecule has 4 aromatic carbocycles. The van der Waals surface area contributed by atoms with E-state index in [2.05, 4.69) is 131 Å². The SMILES string of the molecule is c1ccc(N(c2ccccc2)C2CC3CCC2CCC2CCC(CC3)C(N(c3ccccc3)c3ccccc3)C2)cc1. The fraction of sp³-hybridized carbons (Fsp3) is 0.400. The standard InChI is InChI=1S/C40H46N2/c1-5-13-35(14-6-1)41(36-15-7-2-8-16-36)39-29-31-21-25-33(39)27-23-32-22-26-34(28-24-31)40(30-32)42(37-17-9-3-10-18-37)38-19-11-4-12-20-38/h1-20,31-34,39-40H,21-30H2. The number of para-hydroxylation sites is 4. The number of rotatable bonds is 6. The molecule has 6 aliphatic carbocycles. The zero-order valence-corrected chi connectivity index (χ0v) is 25.0. The van der Waals surface area contributed by atoms with Crippen LogP contribution in [0.1, 0.15) is 64.2 Å². The van der Waals surface area contributed by atoms with Gasteiger partial charge in [-0.3, -0.25) is 0 Å². The minimum Gasteiger partial charge on any atom is -0.338 e. The van der Waals surface area contributed by atoms with E-state index in [0.717, 1.165) is 23.7 Å². The van der Waals surface area contributed by atoms with Crippen LogP contribution in [-0.2, 0) is 0 Å². The van der Waals surface area contributed by atoms with Gasteiger partial charge in [0.2, 0.25) is 0 Å². The Morgan fingerprint density at radius 3 is 0.857 bits per heavy atom. The average Bonchev–Trinajstić information content (AvgIpc) is 3.05. The molecule has 0 saturated heterocycles. The Kier molecular flexibility index (Phi) is 8.31. The first-order valence-electron chi connectivity index (χ1n) is 16.6. The second kappa shape index (κ2) is 12.8. The summed E-state index contributed by atoms with van der Waals surface area (Å²) in [6, 6.07) is 46.1. The van der Waals surface area contributed by atoms with Crippen molar-refractivity contribution in [2.75, 3.05) is 9.80 Å². The summed E-state index contributed by atoms with van der Waals surface area (Å²) < 4.78 is 0. The molecule has 0 heterocycles. The first-order valence-corrected chi connectivity index (χ1v) is 16.6. The molecular weight excluding hydrogens is 508 g/mol. The van der Waals surface area contributed by atoms with Crippen molar-refractivity contribution in [2.24, 2.45) is 23.7 Å². The predicted octanol–water partition coefficient (Wildman–Crippen LogP) is 10.8. The minimum atomic E-state index is 0.576. The van der Waals surface area contributed by atoms with Gasteiger partial charge in [-0.2, -0.15) is 0 Å². The summed E-state index contributed by atoms with van der Waals surface area (Å²) in [5, 5.41) is 0. The van der Waals surface area contributed by atoms with Gasteiger partial charge in [0.15, 0.2) is 0 Å². The van der Waals surface area contributed by atoms with Crippen molar-refractivity contribution < 1.29 is 0 Å². The second-order valence-electron chi connectivity index (χ2n) is 13.2. The third-order valence-corrected chi connectivity index (χ3v) is 10.8. The lowest BCUT2D eigenvalue weighted by molar-refractivity contribution is 0.147. The molecule has 0 radical (unpaired) electrons. The molecule has 6 aliphatic rings. The third kappa shape index (κ3) is 5.87. The summed E-state index contributed by atoms with van der Waals surface area (Å²) in [5.74, 6) is 3.11. The maximum atomic E-state index is 2.72. The van der Waals surface area contributed by atoms with Crippen LogP contribution < -0.4 is 9.80 Å². The van der Waals surface area contributed by atoms with E-state index >= 15 is 0 Å². The summed E-state index contributed by atoms with van der Waals surface area (Å²) in [7, 11) is 0. The van der Waals surface area contributed by atoms with Crippen LogP contribution in [0.5, 0.6) is 0 Å². The molecule has 0 spiro atoms. The van der Waals surface area contributed by atoms with Crippen molar-refractivity contribution >= 4 is 22.7 Å². The van der Waals surface area contributed by atoms with Crippen LogP contribution >= 0.6 is 0 Å². The second-order valence-corrected chi connectivity index (χ2v) is 13.2. The molecule has 2 unspecified atom stereocenters. The molecule has 0 aromatic heterocycles. The summed E-state index contributed by atoms with van der Waals surface area (Å²) in [6.07, 6.45) is 13.6. The monoisotopic (exact) mass is 554 g/mol. The summed E-state index contributed by atoms with van der Waals surface area (Å²) in [5.41, 5.74) is 5.42. The van der Waals surface area contributed by atoms with Crippen molar-refractivity contribution in [3.63, 3.8) is 0 Å². The van der Waals surface area contributed by atoms with Crippen molar-refractivity contribution in [1.29, 1.82) is 0 Å². The van der Waals surface area contributed by atoms with Gasteiger partial charge >= 0.3 is 0 Å². The highest BCUT2D eigenvalue weighted by molar-refractivity contribution is 5.65. The highest BCUT2D eigenvalue weighted by atomic mass is 15.2. The Balaban J connectivity index is 1.19. The van der Waals surface area contributed by atoms with E-state index in [1.54, 1.807) is 0 Å². The molecule has 2 atom stereocenters. The summed E-state index contributed by atoms with van der Waals surface area (Å²) in [4.78, 5) is 5.44. The number of hydrogen-bond donors (Lipinski definition) is 0. The van der Waals surface area contributed by atoms with E-state index < -0.39 is 0 Å². The molecule has 4 aromatic rings. The van der Waals surface area contributed by atoms with Crippen LogP contribution in [0.25, 0.3) is 0 Å². The fourth-order valence-electron chi connectivity index (χ4n) is 8.74. The molecule has 6 saturated carbocycles. The lowest BCUT2D eigenvalue weighted by Gasteiger charge is -2.48. The highest BCUT2D eigenvalue weighted by Gasteiger charge is 2.40. The molecule has 2 heteroatoms. The van der Waals surface area contributed by atoms with Gasteiger partial charge in [0.25, 0.3) is 0 Å². The van der Waals surface area contributed by atoms with Gasteiger partial charge in [0, 0.05) is 34.8 Å². The third-order valence-electron chi connectivity index (χ3n) is 10.8. The summed E-state index contributed by atoms with van der Waals surface area (Å²) in [6.45, 7) is 0. The van der Waals surface area contributed by atoms with Crippen LogP contribution in [0.15, 0.2) is 121 Å². The van der Waals surface area contributed by atoms with Crippen LogP contribution in [0.3, 0.4) is 0 Å². The molecule has 6 fully saturated rings. The molecule has 42 heavy (non-hydrogen) atoms. The van der Waals surface area contributed by atoms with Crippen molar-refractivity contribution in [1.82, 2.24) is 0 Å². The maximum Gasteiger partial charge on any atom is 0.0413 e. The molecule has 0 amide bonds. The molecule has 0 aliphatic heterocycles. The highest BCUT2D eigenvalue weighted by Crippen LogP contribution is 2.48. The van der Waals surface area contributed by atoms with Crippen molar-refractivity contribution in [2.45, 2.75) is 76.3 Å². The number of hydrogen-bond acceptors (Lipinski definition) is 2. The van der Waals surface area contributed by atoms with Crippen LogP contribution in [0.4, 0.5) is 22.7 Å². The Bertz CT molecular complexity index is 1180. The van der Waals surface area contributed by atoms with Gasteiger partial charge < -0.3 is 9.80 Å². The maximum absolute atomic E-state index is 2.72. The quantitative estimate of drug-likeness (QED) is 0.234. The zero-order valence-electron chi connectivity index (χ0n) is 25.0. The van der Waals surface area contributed by atoms with E-state index in [0.29, 0.717) is 12.1 Å². The van der Waals surface area contributed by atoms with Gasteiger partial charge in [0.1, 0.15) is 0 Å². The molecule has 4 bridgehead atoms. The van der Waals surface area contributed by atoms with Gasteiger partial charge in [-0.15, -0.1) is 0 Å². The molecule has 0 N–H and O–H groups in total. The largest absolute Gasteiger partial charge is 0.338 e. The van der Waals surface area contributed by atoms with Gasteiger partial charge in [-0.25, -0.2) is 0 Å². The fourth-order valence-corrected chi connectivity index (χ4v) is 8.74. The van der Waals surface area contributed by atoms with E-state index in [4.69, 9.17) is 0 Å². The van der Waals surface area contributed by atoms with Crippen LogP contribution in [0.2, 0.25) is 0 Å². The normalized spacial score (nSPS) is 27.5. The predicted molar refractivity (Wildman–Crippen MR) is 178 cm³/mol. The first kappa shape index (κ1) is 27.3. The van der Waals surface area contributed by atoms with E-state index in [9.17, 15) is 0 Å². The van der Waals surface area contributed by atoms with Crippen molar-refractivity contribution in [3.8, 4) is 0 Å². The first-order chi connectivity index (χ1) is 20.8. The van der Waals surface area contributed by atoms with E-state index in [-0.39, 0.29) is 0 Å². The number of benzene rings is 4. The van der Waals surface area contributed by atoms with Gasteiger partial charge in [0.05, 0.1) is 0 Å². The van der Waals surface area contributed by atoms with E-state index in [1.807, 2.05) is 0 Å². The Labute approximate surface area is 253 Å². The topological polar surface area (TPSA) is 6.48 Å². The molecule has 10 rings (SSSR count). The van der Waals surface area contributed by atoms with Gasteiger partial charge in [-0.1, -0.05) is 98.5 Å². The lowest BCUT2D eigenvalue weighted by Crippen LogP contribution is -2.45. The average molecular weight is 555 g/mol. The van der Waals surface area contributed by atoms with Crippen LogP contribution in [-0.4, -0.2) is 12.1 Å².